The third-order valence-corrected chi connectivity index (χ3v) is 2.58. The summed E-state index contributed by atoms with van der Waals surface area (Å²) in [7, 11) is 0. The number of hydrogen-bond acceptors (Lipinski definition) is 7. The molecule has 9 heteroatoms. The summed E-state index contributed by atoms with van der Waals surface area (Å²) in [4.78, 5) is 22.2. The van der Waals surface area contributed by atoms with Gasteiger partial charge in [-0.05, 0) is 26.8 Å². The molecule has 2 aromatic rings. The minimum absolute atomic E-state index is 0.0465. The van der Waals surface area contributed by atoms with E-state index in [0.717, 1.165) is 4.68 Å². The molecule has 0 aliphatic rings. The largest absolute Gasteiger partial charge is 0.455 e. The summed E-state index contributed by atoms with van der Waals surface area (Å²) in [6.45, 7) is 5.14. The highest BCUT2D eigenvalue weighted by Crippen LogP contribution is 2.21. The molecule has 0 fully saturated rings. The zero-order chi connectivity index (χ0) is 16.5. The number of hydrogen-bond donors (Lipinski definition) is 1. The Kier molecular flexibility index (Phi) is 3.81. The smallest absolute Gasteiger partial charge is 0.363 e. The van der Waals surface area contributed by atoms with E-state index < -0.39 is 16.5 Å². The van der Waals surface area contributed by atoms with Crippen molar-refractivity contribution in [2.75, 3.05) is 5.73 Å². The van der Waals surface area contributed by atoms with Crippen LogP contribution in [-0.2, 0) is 4.74 Å². The van der Waals surface area contributed by atoms with Crippen molar-refractivity contribution in [2.45, 2.75) is 26.4 Å². The molecule has 0 aliphatic carbocycles. The average Bonchev–Trinajstić information content (AvgIpc) is 2.79. The Morgan fingerprint density at radius 2 is 2.09 bits per heavy atom. The summed E-state index contributed by atoms with van der Waals surface area (Å²) in [5, 5.41) is 18.2. The van der Waals surface area contributed by atoms with Crippen LogP contribution >= 0.6 is 0 Å². The van der Waals surface area contributed by atoms with Gasteiger partial charge in [0.1, 0.15) is 5.60 Å². The van der Waals surface area contributed by atoms with E-state index in [4.69, 9.17) is 10.5 Å². The van der Waals surface area contributed by atoms with Crippen LogP contribution < -0.4 is 5.73 Å². The molecule has 22 heavy (non-hydrogen) atoms. The van der Waals surface area contributed by atoms with Gasteiger partial charge in [0, 0.05) is 12.1 Å². The summed E-state index contributed by atoms with van der Waals surface area (Å²) in [5.41, 5.74) is 5.22. The zero-order valence-corrected chi connectivity index (χ0v) is 12.3. The lowest BCUT2D eigenvalue weighted by molar-refractivity contribution is -0.384. The topological polar surface area (TPSA) is 126 Å². The minimum Gasteiger partial charge on any atom is -0.455 e. The van der Waals surface area contributed by atoms with Gasteiger partial charge in [-0.1, -0.05) is 11.3 Å². The molecular weight excluding hydrogens is 290 g/mol. The van der Waals surface area contributed by atoms with Crippen molar-refractivity contribution in [1.29, 1.82) is 0 Å². The van der Waals surface area contributed by atoms with Crippen LogP contribution in [0.15, 0.2) is 24.3 Å². The van der Waals surface area contributed by atoms with Gasteiger partial charge in [-0.15, -0.1) is 5.10 Å². The first-order chi connectivity index (χ1) is 10.2. The number of nitrogens with two attached hydrogens (primary N) is 1. The first-order valence-electron chi connectivity index (χ1n) is 6.38. The van der Waals surface area contributed by atoms with E-state index in [1.165, 1.54) is 18.2 Å². The fourth-order valence-corrected chi connectivity index (χ4v) is 1.69. The van der Waals surface area contributed by atoms with Crippen molar-refractivity contribution in [3.63, 3.8) is 0 Å². The molecule has 1 heterocycles. The average molecular weight is 305 g/mol. The van der Waals surface area contributed by atoms with Gasteiger partial charge in [0.2, 0.25) is 5.69 Å². The third kappa shape index (κ3) is 3.19. The summed E-state index contributed by atoms with van der Waals surface area (Å²) in [6.07, 6.45) is 0. The normalized spacial score (nSPS) is 11.2. The van der Waals surface area contributed by atoms with Gasteiger partial charge >= 0.3 is 5.97 Å². The predicted molar refractivity (Wildman–Crippen MR) is 77.6 cm³/mol. The lowest BCUT2D eigenvalue weighted by atomic mass is 10.2. The van der Waals surface area contributed by atoms with Crippen molar-refractivity contribution in [1.82, 2.24) is 15.0 Å². The van der Waals surface area contributed by atoms with E-state index in [0.29, 0.717) is 5.69 Å². The molecule has 0 radical (unpaired) electrons. The van der Waals surface area contributed by atoms with Gasteiger partial charge in [-0.2, -0.15) is 4.68 Å². The number of nitro benzene ring substituents is 1. The number of nitrogen functional groups attached to an aromatic ring is 1. The molecule has 0 unspecified atom stereocenters. The summed E-state index contributed by atoms with van der Waals surface area (Å²) < 4.78 is 6.32. The van der Waals surface area contributed by atoms with Crippen LogP contribution in [0.4, 0.5) is 11.5 Å². The number of anilines is 1. The number of rotatable bonds is 3. The van der Waals surface area contributed by atoms with Crippen LogP contribution in [0.3, 0.4) is 0 Å². The number of nitrogens with zero attached hydrogens (tertiary/aromatic N) is 4. The number of carbonyl (C=O) groups is 1. The SMILES string of the molecule is CC(C)(C)OC(=O)c1nnn(-c2cccc([N+](=O)[O-])c2)c1N. The molecule has 0 aliphatic heterocycles. The number of benzene rings is 1. The fourth-order valence-electron chi connectivity index (χ4n) is 1.69. The Labute approximate surface area is 125 Å². The number of esters is 1. The molecule has 2 N–H and O–H groups in total. The maximum absolute atomic E-state index is 12.0. The summed E-state index contributed by atoms with van der Waals surface area (Å²) in [6, 6.07) is 5.67. The maximum Gasteiger partial charge on any atom is 0.363 e. The van der Waals surface area contributed by atoms with Crippen molar-refractivity contribution >= 4 is 17.5 Å². The summed E-state index contributed by atoms with van der Waals surface area (Å²) in [5.74, 6) is -0.753. The first kappa shape index (κ1) is 15.4. The molecule has 0 bridgehead atoms. The monoisotopic (exact) mass is 305 g/mol. The highest BCUT2D eigenvalue weighted by atomic mass is 16.6. The predicted octanol–water partition coefficient (Wildman–Crippen LogP) is 1.71. The van der Waals surface area contributed by atoms with Gasteiger partial charge in [-0.25, -0.2) is 4.79 Å². The minimum atomic E-state index is -0.707. The molecule has 116 valence electrons. The molecule has 2 rings (SSSR count). The fraction of sp³-hybridized carbons (Fsp3) is 0.308. The van der Waals surface area contributed by atoms with Crippen LogP contribution in [0.25, 0.3) is 5.69 Å². The van der Waals surface area contributed by atoms with Gasteiger partial charge in [0.25, 0.3) is 5.69 Å². The lowest BCUT2D eigenvalue weighted by Gasteiger charge is -2.18. The van der Waals surface area contributed by atoms with Gasteiger partial charge in [-0.3, -0.25) is 10.1 Å². The maximum atomic E-state index is 12.0. The van der Waals surface area contributed by atoms with Gasteiger partial charge in [0.05, 0.1) is 10.6 Å². The molecular formula is C13H15N5O4. The number of carbonyl (C=O) groups excluding carboxylic acids is 1. The number of aromatic nitrogens is 3. The van der Waals surface area contributed by atoms with Crippen LogP contribution in [0.5, 0.6) is 0 Å². The first-order valence-corrected chi connectivity index (χ1v) is 6.38. The molecule has 0 saturated carbocycles. The van der Waals surface area contributed by atoms with Crippen molar-refractivity contribution in [3.8, 4) is 5.69 Å². The highest BCUT2D eigenvalue weighted by molar-refractivity contribution is 5.92. The van der Waals surface area contributed by atoms with E-state index in [2.05, 4.69) is 10.3 Å². The van der Waals surface area contributed by atoms with Gasteiger partial charge < -0.3 is 10.5 Å². The van der Waals surface area contributed by atoms with E-state index in [1.54, 1.807) is 26.8 Å². The van der Waals surface area contributed by atoms with Crippen LogP contribution in [0.1, 0.15) is 31.3 Å². The number of non-ortho nitro benzene ring substituents is 1. The Balaban J connectivity index is 2.37. The summed E-state index contributed by atoms with van der Waals surface area (Å²) >= 11 is 0. The van der Waals surface area contributed by atoms with E-state index >= 15 is 0 Å². The molecule has 0 amide bonds. The van der Waals surface area contributed by atoms with Gasteiger partial charge in [0.15, 0.2) is 5.82 Å². The molecule has 0 saturated heterocycles. The van der Waals surface area contributed by atoms with Crippen molar-refractivity contribution < 1.29 is 14.5 Å². The molecule has 0 atom stereocenters. The van der Waals surface area contributed by atoms with Crippen molar-refractivity contribution in [3.05, 3.63) is 40.1 Å². The van der Waals surface area contributed by atoms with Crippen molar-refractivity contribution in [2.24, 2.45) is 0 Å². The molecule has 9 nitrogen and oxygen atoms in total. The van der Waals surface area contributed by atoms with E-state index in [-0.39, 0.29) is 17.2 Å². The molecule has 1 aromatic carbocycles. The standard InChI is InChI=1S/C13H15N5O4/c1-13(2,3)22-12(19)10-11(14)17(16-15-10)8-5-4-6-9(7-8)18(20)21/h4-7H,14H2,1-3H3. The Hall–Kier alpha value is -2.97. The molecule has 0 spiro atoms. The number of ether oxygens (including phenoxy) is 1. The second kappa shape index (κ2) is 5.43. The van der Waals surface area contributed by atoms with Crippen LogP contribution in [0.2, 0.25) is 0 Å². The lowest BCUT2D eigenvalue weighted by Crippen LogP contribution is -2.24. The van der Waals surface area contributed by atoms with Crippen LogP contribution in [-0.4, -0.2) is 31.5 Å². The Bertz CT molecular complexity index is 732. The zero-order valence-electron chi connectivity index (χ0n) is 12.3. The number of nitro groups is 1. The third-order valence-electron chi connectivity index (χ3n) is 2.58. The Morgan fingerprint density at radius 3 is 2.68 bits per heavy atom. The van der Waals surface area contributed by atoms with Crippen LogP contribution in [0, 0.1) is 10.1 Å². The Morgan fingerprint density at radius 1 is 1.41 bits per heavy atom. The van der Waals surface area contributed by atoms with E-state index in [9.17, 15) is 14.9 Å². The molecule has 1 aromatic heterocycles. The second-order valence-electron chi connectivity index (χ2n) is 5.51. The second-order valence-corrected chi connectivity index (χ2v) is 5.51. The highest BCUT2D eigenvalue weighted by Gasteiger charge is 2.25. The quantitative estimate of drug-likeness (QED) is 0.519. The van der Waals surface area contributed by atoms with E-state index in [1.807, 2.05) is 0 Å².